The molecule has 0 spiro atoms. The fourth-order valence-corrected chi connectivity index (χ4v) is 2.55. The number of benzene rings is 1. The second-order valence-corrected chi connectivity index (χ2v) is 5.07. The smallest absolute Gasteiger partial charge is 0.253 e. The second kappa shape index (κ2) is 6.17. The number of anilines is 1. The number of para-hydroxylation sites is 1. The number of carbonyl (C=O) groups is 1. The van der Waals surface area contributed by atoms with Crippen molar-refractivity contribution in [3.63, 3.8) is 0 Å². The van der Waals surface area contributed by atoms with E-state index in [1.165, 1.54) is 0 Å². The third-order valence-corrected chi connectivity index (χ3v) is 3.56. The summed E-state index contributed by atoms with van der Waals surface area (Å²) in [5.74, 6) is 0.0538. The lowest BCUT2D eigenvalue weighted by Gasteiger charge is -2.34. The van der Waals surface area contributed by atoms with Crippen molar-refractivity contribution < 1.29 is 9.53 Å². The zero-order valence-corrected chi connectivity index (χ0v) is 11.9. The Labute approximate surface area is 114 Å². The zero-order chi connectivity index (χ0) is 13.8. The number of rotatable bonds is 4. The molecule has 0 aliphatic carbocycles. The minimum Gasteiger partial charge on any atom is -0.366 e. The molecule has 1 saturated heterocycles. The lowest BCUT2D eigenvalue weighted by Crippen LogP contribution is -2.48. The van der Waals surface area contributed by atoms with Gasteiger partial charge in [0.25, 0.3) is 5.91 Å². The summed E-state index contributed by atoms with van der Waals surface area (Å²) in [7, 11) is 1.93. The van der Waals surface area contributed by atoms with Crippen molar-refractivity contribution in [3.8, 4) is 0 Å². The van der Waals surface area contributed by atoms with Gasteiger partial charge in [-0.3, -0.25) is 4.79 Å². The van der Waals surface area contributed by atoms with E-state index in [9.17, 15) is 4.79 Å². The first-order valence-electron chi connectivity index (χ1n) is 6.76. The number of carbonyl (C=O) groups excluding carboxylic acids is 1. The van der Waals surface area contributed by atoms with Gasteiger partial charge in [0.15, 0.2) is 0 Å². The van der Waals surface area contributed by atoms with Crippen molar-refractivity contribution >= 4 is 11.6 Å². The third-order valence-electron chi connectivity index (χ3n) is 3.56. The van der Waals surface area contributed by atoms with Gasteiger partial charge in [-0.25, -0.2) is 0 Å². The van der Waals surface area contributed by atoms with Crippen LogP contribution >= 0.6 is 0 Å². The number of aryl methyl sites for hydroxylation is 2. The molecule has 1 aromatic rings. The van der Waals surface area contributed by atoms with Crippen LogP contribution in [0.25, 0.3) is 0 Å². The normalized spacial score (nSPS) is 19.8. The van der Waals surface area contributed by atoms with E-state index in [0.717, 1.165) is 29.8 Å². The number of ether oxygens (including phenoxy) is 1. The summed E-state index contributed by atoms with van der Waals surface area (Å²) < 4.78 is 5.59. The van der Waals surface area contributed by atoms with Crippen LogP contribution in [0.1, 0.15) is 17.5 Å². The average Bonchev–Trinajstić information content (AvgIpc) is 2.39. The standard InChI is InChI=1S/C15H22N2O2/c1-11-5-4-6-12(2)15(11)17-9-13(7-8-16-3)19-10-14(17)18/h4-6,13,16H,7-10H2,1-3H3. The van der Waals surface area contributed by atoms with Crippen molar-refractivity contribution in [1.29, 1.82) is 0 Å². The highest BCUT2D eigenvalue weighted by Crippen LogP contribution is 2.27. The van der Waals surface area contributed by atoms with Crippen molar-refractivity contribution in [2.24, 2.45) is 0 Å². The largest absolute Gasteiger partial charge is 0.366 e. The van der Waals surface area contributed by atoms with Crippen LogP contribution in [0.3, 0.4) is 0 Å². The van der Waals surface area contributed by atoms with Gasteiger partial charge < -0.3 is 15.0 Å². The first-order valence-corrected chi connectivity index (χ1v) is 6.76. The summed E-state index contributed by atoms with van der Waals surface area (Å²) in [6.45, 7) is 5.83. The Morgan fingerprint density at radius 1 is 1.37 bits per heavy atom. The molecule has 0 radical (unpaired) electrons. The Morgan fingerprint density at radius 3 is 2.68 bits per heavy atom. The number of nitrogens with one attached hydrogen (secondary N) is 1. The van der Waals surface area contributed by atoms with Gasteiger partial charge in [-0.2, -0.15) is 0 Å². The summed E-state index contributed by atoms with van der Waals surface area (Å²) in [5, 5.41) is 3.12. The van der Waals surface area contributed by atoms with E-state index in [0.29, 0.717) is 6.54 Å². The first-order chi connectivity index (χ1) is 9.13. The molecule has 104 valence electrons. The lowest BCUT2D eigenvalue weighted by atomic mass is 10.1. The second-order valence-electron chi connectivity index (χ2n) is 5.07. The van der Waals surface area contributed by atoms with Crippen molar-refractivity contribution in [2.75, 3.05) is 31.6 Å². The van der Waals surface area contributed by atoms with Gasteiger partial charge in [-0.05, 0) is 45.0 Å². The van der Waals surface area contributed by atoms with E-state index in [1.54, 1.807) is 0 Å². The highest BCUT2D eigenvalue weighted by atomic mass is 16.5. The zero-order valence-electron chi connectivity index (χ0n) is 11.9. The molecular weight excluding hydrogens is 240 g/mol. The van der Waals surface area contributed by atoms with Gasteiger partial charge in [-0.15, -0.1) is 0 Å². The van der Waals surface area contributed by atoms with Crippen LogP contribution in [0.5, 0.6) is 0 Å². The van der Waals surface area contributed by atoms with E-state index in [-0.39, 0.29) is 18.6 Å². The fraction of sp³-hybridized carbons (Fsp3) is 0.533. The van der Waals surface area contributed by atoms with E-state index in [1.807, 2.05) is 44.0 Å². The quantitative estimate of drug-likeness (QED) is 0.897. The Bertz CT molecular complexity index is 439. The van der Waals surface area contributed by atoms with E-state index < -0.39 is 0 Å². The predicted octanol–water partition coefficient (Wildman–Crippen LogP) is 1.64. The molecule has 1 aliphatic rings. The van der Waals surface area contributed by atoms with Gasteiger partial charge in [0, 0.05) is 5.69 Å². The molecule has 1 heterocycles. The number of amides is 1. The van der Waals surface area contributed by atoms with Gasteiger partial charge in [0.1, 0.15) is 6.61 Å². The van der Waals surface area contributed by atoms with Crippen molar-refractivity contribution in [1.82, 2.24) is 5.32 Å². The maximum Gasteiger partial charge on any atom is 0.253 e. The van der Waals surface area contributed by atoms with E-state index >= 15 is 0 Å². The van der Waals surface area contributed by atoms with Crippen LogP contribution in [-0.4, -0.2) is 38.8 Å². The highest BCUT2D eigenvalue weighted by molar-refractivity contribution is 5.96. The average molecular weight is 262 g/mol. The monoisotopic (exact) mass is 262 g/mol. The molecule has 0 bridgehead atoms. The summed E-state index contributed by atoms with van der Waals surface area (Å²) in [6, 6.07) is 6.12. The minimum absolute atomic E-state index is 0.0538. The number of nitrogens with zero attached hydrogens (tertiary/aromatic N) is 1. The summed E-state index contributed by atoms with van der Waals surface area (Å²) in [6.07, 6.45) is 1.04. The van der Waals surface area contributed by atoms with Crippen LogP contribution in [0, 0.1) is 13.8 Å². The Balaban J connectivity index is 2.19. The topological polar surface area (TPSA) is 41.6 Å². The molecule has 1 aromatic carbocycles. The maximum absolute atomic E-state index is 12.1. The summed E-state index contributed by atoms with van der Waals surface area (Å²) in [4.78, 5) is 14.0. The van der Waals surface area contributed by atoms with Crippen molar-refractivity contribution in [2.45, 2.75) is 26.4 Å². The van der Waals surface area contributed by atoms with E-state index in [4.69, 9.17) is 4.74 Å². The lowest BCUT2D eigenvalue weighted by molar-refractivity contribution is -0.129. The summed E-state index contributed by atoms with van der Waals surface area (Å²) >= 11 is 0. The Morgan fingerprint density at radius 2 is 2.05 bits per heavy atom. The third kappa shape index (κ3) is 3.14. The van der Waals surface area contributed by atoms with Crippen molar-refractivity contribution in [3.05, 3.63) is 29.3 Å². The molecule has 1 fully saturated rings. The Hall–Kier alpha value is -1.39. The van der Waals surface area contributed by atoms with Gasteiger partial charge in [0.05, 0.1) is 12.6 Å². The molecule has 1 amide bonds. The molecule has 2 rings (SSSR count). The van der Waals surface area contributed by atoms with E-state index in [2.05, 4.69) is 5.32 Å². The van der Waals surface area contributed by atoms with Crippen LogP contribution in [0.2, 0.25) is 0 Å². The Kier molecular flexibility index (Phi) is 4.56. The molecule has 1 aliphatic heterocycles. The number of morpholine rings is 1. The van der Waals surface area contributed by atoms with Gasteiger partial charge in [-0.1, -0.05) is 18.2 Å². The van der Waals surface area contributed by atoms with Crippen LogP contribution in [0.4, 0.5) is 5.69 Å². The fourth-order valence-electron chi connectivity index (χ4n) is 2.55. The predicted molar refractivity (Wildman–Crippen MR) is 76.6 cm³/mol. The molecule has 0 aromatic heterocycles. The molecule has 4 heteroatoms. The molecular formula is C15H22N2O2. The summed E-state index contributed by atoms with van der Waals surface area (Å²) in [5.41, 5.74) is 3.33. The molecule has 4 nitrogen and oxygen atoms in total. The van der Waals surface area contributed by atoms with Crippen LogP contribution in [-0.2, 0) is 9.53 Å². The molecule has 1 N–H and O–H groups in total. The molecule has 1 unspecified atom stereocenters. The SMILES string of the molecule is CNCCC1CN(c2c(C)cccc2C)C(=O)CO1. The molecule has 0 saturated carbocycles. The highest BCUT2D eigenvalue weighted by Gasteiger charge is 2.28. The van der Waals surface area contributed by atoms with Crippen LogP contribution < -0.4 is 10.2 Å². The van der Waals surface area contributed by atoms with Crippen LogP contribution in [0.15, 0.2) is 18.2 Å². The first kappa shape index (κ1) is 14.0. The number of hydrogen-bond donors (Lipinski definition) is 1. The molecule has 19 heavy (non-hydrogen) atoms. The molecule has 1 atom stereocenters. The minimum atomic E-state index is 0.0538. The van der Waals surface area contributed by atoms with Gasteiger partial charge in [0.2, 0.25) is 0 Å². The van der Waals surface area contributed by atoms with Gasteiger partial charge >= 0.3 is 0 Å². The maximum atomic E-state index is 12.1. The number of hydrogen-bond acceptors (Lipinski definition) is 3.